The molecule has 1 fully saturated rings. The highest BCUT2D eigenvalue weighted by Crippen LogP contribution is 2.33. The predicted molar refractivity (Wildman–Crippen MR) is 117 cm³/mol. The monoisotopic (exact) mass is 448 g/mol. The van der Waals surface area contributed by atoms with Crippen molar-refractivity contribution in [3.05, 3.63) is 58.4 Å². The molecule has 4 amide bonds. The molecule has 1 aromatic heterocycles. The fourth-order valence-electron chi connectivity index (χ4n) is 4.84. The summed E-state index contributed by atoms with van der Waals surface area (Å²) < 4.78 is 5.56. The smallest absolute Gasteiger partial charge is 0.255 e. The number of carbonyl (C=O) groups excluding carboxylic acids is 4. The number of ether oxygens (including phenoxy) is 1. The lowest BCUT2D eigenvalue weighted by atomic mass is 9.93. The van der Waals surface area contributed by atoms with Crippen molar-refractivity contribution in [3.63, 3.8) is 0 Å². The number of aryl methyl sites for hydroxylation is 1. The van der Waals surface area contributed by atoms with E-state index in [0.29, 0.717) is 28.8 Å². The van der Waals surface area contributed by atoms with Gasteiger partial charge in [0.25, 0.3) is 11.8 Å². The summed E-state index contributed by atoms with van der Waals surface area (Å²) in [6, 6.07) is 6.12. The normalized spacial score (nSPS) is 22.0. The number of carbonyl (C=O) groups is 4. The first kappa shape index (κ1) is 21.3. The largest absolute Gasteiger partial charge is 0.377 e. The molecule has 3 aliphatic rings. The second-order valence-corrected chi connectivity index (χ2v) is 8.60. The number of piperidine rings is 1. The quantitative estimate of drug-likeness (QED) is 0.692. The van der Waals surface area contributed by atoms with E-state index >= 15 is 0 Å². The van der Waals surface area contributed by atoms with Crippen molar-refractivity contribution in [1.29, 1.82) is 0 Å². The molecule has 2 aliphatic heterocycles. The number of hydrogen-bond acceptors (Lipinski definition) is 6. The Kier molecular flexibility index (Phi) is 5.41. The SMILES string of the molecule is COC1CCCc2ncc(NC(=O)c3ccc4c(c3)CN(C3CCC(=O)NC3=O)C4=O)cc21. The fraction of sp³-hybridized carbons (Fsp3) is 0.375. The van der Waals surface area contributed by atoms with Crippen molar-refractivity contribution in [1.82, 2.24) is 15.2 Å². The van der Waals surface area contributed by atoms with E-state index in [4.69, 9.17) is 4.74 Å². The van der Waals surface area contributed by atoms with E-state index < -0.39 is 11.9 Å². The van der Waals surface area contributed by atoms with Gasteiger partial charge in [0, 0.05) is 42.5 Å². The van der Waals surface area contributed by atoms with Gasteiger partial charge in [-0.25, -0.2) is 0 Å². The standard InChI is InChI=1S/C24H24N4O5/c1-33-20-4-2-3-18-17(20)10-15(11-25-18)26-22(30)13-5-6-16-14(9-13)12-28(24(16)32)19-7-8-21(29)27-23(19)31/h5-6,9-11,19-20H,2-4,7-8,12H2,1H3,(H,26,30)(H,27,29,31). The number of methoxy groups -OCH3 is 1. The molecule has 170 valence electrons. The van der Waals surface area contributed by atoms with Gasteiger partial charge >= 0.3 is 0 Å². The second-order valence-electron chi connectivity index (χ2n) is 8.60. The van der Waals surface area contributed by atoms with Crippen molar-refractivity contribution >= 4 is 29.3 Å². The van der Waals surface area contributed by atoms with Gasteiger partial charge in [0.05, 0.1) is 18.0 Å². The molecule has 2 unspecified atom stereocenters. The second kappa shape index (κ2) is 8.40. The molecule has 33 heavy (non-hydrogen) atoms. The van der Waals surface area contributed by atoms with E-state index in [1.54, 1.807) is 31.5 Å². The first-order valence-electron chi connectivity index (χ1n) is 11.0. The molecule has 5 rings (SSSR count). The zero-order valence-electron chi connectivity index (χ0n) is 18.2. The molecule has 2 aromatic rings. The summed E-state index contributed by atoms with van der Waals surface area (Å²) in [6.07, 6.45) is 4.96. The fourth-order valence-corrected chi connectivity index (χ4v) is 4.84. The Morgan fingerprint density at radius 2 is 2.03 bits per heavy atom. The van der Waals surface area contributed by atoms with Crippen LogP contribution in [0.2, 0.25) is 0 Å². The molecule has 9 heteroatoms. The Labute approximate surface area is 190 Å². The van der Waals surface area contributed by atoms with Crippen LogP contribution in [0.3, 0.4) is 0 Å². The summed E-state index contributed by atoms with van der Waals surface area (Å²) in [5.41, 5.74) is 4.14. The number of anilines is 1. The highest BCUT2D eigenvalue weighted by Gasteiger charge is 2.39. The van der Waals surface area contributed by atoms with Crippen LogP contribution in [-0.4, -0.2) is 46.7 Å². The summed E-state index contributed by atoms with van der Waals surface area (Å²) in [5.74, 6) is -1.36. The first-order valence-corrected chi connectivity index (χ1v) is 11.0. The Balaban J connectivity index is 1.33. The first-order chi connectivity index (χ1) is 15.9. The van der Waals surface area contributed by atoms with Crippen molar-refractivity contribution in [2.45, 2.75) is 50.8 Å². The lowest BCUT2D eigenvalue weighted by molar-refractivity contribution is -0.136. The number of amides is 4. The Morgan fingerprint density at radius 3 is 2.82 bits per heavy atom. The van der Waals surface area contributed by atoms with Gasteiger partial charge in [0.15, 0.2) is 0 Å². The van der Waals surface area contributed by atoms with Crippen LogP contribution in [0.1, 0.15) is 69.3 Å². The van der Waals surface area contributed by atoms with E-state index in [-0.39, 0.29) is 36.8 Å². The number of imide groups is 1. The lowest BCUT2D eigenvalue weighted by Gasteiger charge is -2.29. The third-order valence-electron chi connectivity index (χ3n) is 6.56. The minimum absolute atomic E-state index is 0.0256. The number of nitrogens with zero attached hydrogens (tertiary/aromatic N) is 2. The van der Waals surface area contributed by atoms with Gasteiger partial charge in [-0.1, -0.05) is 0 Å². The number of hydrogen-bond donors (Lipinski definition) is 2. The van der Waals surface area contributed by atoms with Crippen LogP contribution in [0.4, 0.5) is 5.69 Å². The van der Waals surface area contributed by atoms with Crippen molar-refractivity contribution in [3.8, 4) is 0 Å². The zero-order valence-corrected chi connectivity index (χ0v) is 18.2. The predicted octanol–water partition coefficient (Wildman–Crippen LogP) is 2.12. The van der Waals surface area contributed by atoms with Crippen molar-refractivity contribution < 1.29 is 23.9 Å². The zero-order chi connectivity index (χ0) is 23.1. The molecule has 1 aromatic carbocycles. The average Bonchev–Trinajstić information content (AvgIpc) is 3.14. The summed E-state index contributed by atoms with van der Waals surface area (Å²) in [5, 5.41) is 5.17. The van der Waals surface area contributed by atoms with Gasteiger partial charge in [0.1, 0.15) is 6.04 Å². The van der Waals surface area contributed by atoms with Crippen LogP contribution in [0.15, 0.2) is 30.5 Å². The maximum atomic E-state index is 12.9. The maximum absolute atomic E-state index is 12.9. The third kappa shape index (κ3) is 3.89. The Hall–Kier alpha value is -3.59. The molecule has 0 bridgehead atoms. The highest BCUT2D eigenvalue weighted by atomic mass is 16.5. The molecular formula is C24H24N4O5. The van der Waals surface area contributed by atoms with Crippen LogP contribution >= 0.6 is 0 Å². The minimum Gasteiger partial charge on any atom is -0.377 e. The number of benzene rings is 1. The van der Waals surface area contributed by atoms with Gasteiger partial charge in [-0.3, -0.25) is 29.5 Å². The van der Waals surface area contributed by atoms with Gasteiger partial charge in [-0.15, -0.1) is 0 Å². The van der Waals surface area contributed by atoms with E-state index in [9.17, 15) is 19.2 Å². The Bertz CT molecular complexity index is 1180. The van der Waals surface area contributed by atoms with Crippen LogP contribution in [0.5, 0.6) is 0 Å². The molecule has 1 saturated heterocycles. The third-order valence-corrected chi connectivity index (χ3v) is 6.56. The lowest BCUT2D eigenvalue weighted by Crippen LogP contribution is -2.52. The van der Waals surface area contributed by atoms with E-state index in [1.165, 1.54) is 4.90 Å². The van der Waals surface area contributed by atoms with Gasteiger partial charge < -0.3 is 15.0 Å². The molecule has 0 spiro atoms. The van der Waals surface area contributed by atoms with Gasteiger partial charge in [-0.05, 0) is 55.5 Å². The van der Waals surface area contributed by atoms with E-state index in [0.717, 1.165) is 30.5 Å². The van der Waals surface area contributed by atoms with Crippen LogP contribution in [0, 0.1) is 0 Å². The van der Waals surface area contributed by atoms with E-state index in [1.807, 2.05) is 6.07 Å². The molecule has 2 N–H and O–H groups in total. The highest BCUT2D eigenvalue weighted by molar-refractivity contribution is 6.08. The molecule has 9 nitrogen and oxygen atoms in total. The number of aromatic nitrogens is 1. The van der Waals surface area contributed by atoms with Gasteiger partial charge in [-0.2, -0.15) is 0 Å². The molecule has 1 aliphatic carbocycles. The number of rotatable bonds is 4. The van der Waals surface area contributed by atoms with Crippen LogP contribution in [0.25, 0.3) is 0 Å². The summed E-state index contributed by atoms with van der Waals surface area (Å²) >= 11 is 0. The molecule has 0 radical (unpaired) electrons. The number of nitrogens with one attached hydrogen (secondary N) is 2. The van der Waals surface area contributed by atoms with Gasteiger partial charge in [0.2, 0.25) is 11.8 Å². The Morgan fingerprint density at radius 1 is 1.18 bits per heavy atom. The topological polar surface area (TPSA) is 118 Å². The number of pyridine rings is 1. The average molecular weight is 448 g/mol. The maximum Gasteiger partial charge on any atom is 0.255 e. The molecule has 3 heterocycles. The van der Waals surface area contributed by atoms with Crippen molar-refractivity contribution in [2.75, 3.05) is 12.4 Å². The molecular weight excluding hydrogens is 424 g/mol. The van der Waals surface area contributed by atoms with E-state index in [2.05, 4.69) is 15.6 Å². The summed E-state index contributed by atoms with van der Waals surface area (Å²) in [4.78, 5) is 55.3. The summed E-state index contributed by atoms with van der Waals surface area (Å²) in [6.45, 7) is 0.220. The van der Waals surface area contributed by atoms with Crippen LogP contribution in [-0.2, 0) is 27.3 Å². The van der Waals surface area contributed by atoms with Crippen molar-refractivity contribution in [2.24, 2.45) is 0 Å². The molecule has 0 saturated carbocycles. The van der Waals surface area contributed by atoms with Crippen LogP contribution < -0.4 is 10.6 Å². The molecule has 2 atom stereocenters. The minimum atomic E-state index is -0.685. The number of fused-ring (bicyclic) bond motifs is 2. The summed E-state index contributed by atoms with van der Waals surface area (Å²) in [7, 11) is 1.68.